The Morgan fingerprint density at radius 2 is 1.88 bits per heavy atom. The van der Waals surface area contributed by atoms with Crippen molar-refractivity contribution >= 4 is 20.7 Å². The van der Waals surface area contributed by atoms with Gasteiger partial charge in [0.05, 0.1) is 28.6 Å². The Morgan fingerprint density at radius 3 is 2.35 bits per heavy atom. The molecule has 0 spiro atoms. The van der Waals surface area contributed by atoms with E-state index in [0.29, 0.717) is 17.4 Å². The fourth-order valence-electron chi connectivity index (χ4n) is 3.05. The number of aromatic nitrogens is 1. The van der Waals surface area contributed by atoms with Gasteiger partial charge in [-0.2, -0.15) is 18.4 Å². The summed E-state index contributed by atoms with van der Waals surface area (Å²) in [5.41, 5.74) is -2.67. The normalized spacial score (nSPS) is 15.0. The minimum Gasteiger partial charge on any atom is -0.383 e. The van der Waals surface area contributed by atoms with Crippen LogP contribution in [0.5, 0.6) is 0 Å². The second-order valence-electron chi connectivity index (χ2n) is 6.34. The predicted octanol–water partition coefficient (Wildman–Crippen LogP) is 3.26. The molecule has 1 atom stereocenters. The molecule has 1 aromatic carbocycles. The van der Waals surface area contributed by atoms with Crippen molar-refractivity contribution in [3.05, 3.63) is 34.5 Å². The van der Waals surface area contributed by atoms with Gasteiger partial charge in [0.1, 0.15) is 5.60 Å². The van der Waals surface area contributed by atoms with Crippen LogP contribution in [0.15, 0.2) is 12.1 Å². The molecular weight excluding hydrogens is 369 g/mol. The first kappa shape index (κ1) is 20.3. The number of aliphatic hydroxyl groups is 1. The Bertz CT molecular complexity index is 983. The lowest BCUT2D eigenvalue weighted by atomic mass is 9.96. The highest BCUT2D eigenvalue weighted by molar-refractivity contribution is 7.91. The molecule has 142 valence electrons. The van der Waals surface area contributed by atoms with Gasteiger partial charge in [-0.1, -0.05) is 13.8 Å². The fraction of sp³-hybridized carbons (Fsp3) is 0.471. The van der Waals surface area contributed by atoms with Crippen molar-refractivity contribution in [1.82, 2.24) is 4.98 Å². The van der Waals surface area contributed by atoms with Crippen molar-refractivity contribution < 1.29 is 26.7 Å². The van der Waals surface area contributed by atoms with Gasteiger partial charge >= 0.3 is 6.18 Å². The third-order valence-electron chi connectivity index (χ3n) is 4.30. The van der Waals surface area contributed by atoms with Crippen molar-refractivity contribution in [2.75, 3.05) is 11.5 Å². The van der Waals surface area contributed by atoms with E-state index in [-0.39, 0.29) is 17.0 Å². The summed E-state index contributed by atoms with van der Waals surface area (Å²) in [5.74, 6) is -0.727. The van der Waals surface area contributed by atoms with Crippen LogP contribution in [0.4, 0.5) is 13.2 Å². The minimum absolute atomic E-state index is 0.0948. The lowest BCUT2D eigenvalue weighted by Gasteiger charge is -2.23. The zero-order valence-corrected chi connectivity index (χ0v) is 15.3. The van der Waals surface area contributed by atoms with E-state index >= 15 is 0 Å². The molecule has 26 heavy (non-hydrogen) atoms. The van der Waals surface area contributed by atoms with Crippen molar-refractivity contribution in [3.8, 4) is 6.07 Å². The second kappa shape index (κ2) is 6.59. The number of hydrogen-bond donors (Lipinski definition) is 2. The number of benzene rings is 1. The summed E-state index contributed by atoms with van der Waals surface area (Å²) in [6.45, 7) is 4.49. The Labute approximate surface area is 149 Å². The number of alkyl halides is 3. The first-order valence-corrected chi connectivity index (χ1v) is 9.77. The molecule has 1 aromatic heterocycles. The van der Waals surface area contributed by atoms with Gasteiger partial charge in [-0.15, -0.1) is 0 Å². The number of halogens is 3. The number of nitriles is 1. The number of nitrogens with one attached hydrogen (secondary N) is 1. The number of sulfone groups is 1. The number of aryl methyl sites for hydroxylation is 1. The highest BCUT2D eigenvalue weighted by Gasteiger charge is 2.37. The number of aromatic amines is 1. The molecule has 0 saturated carbocycles. The topological polar surface area (TPSA) is 93.9 Å². The molecule has 1 heterocycles. The van der Waals surface area contributed by atoms with Crippen LogP contribution < -0.4 is 0 Å². The summed E-state index contributed by atoms with van der Waals surface area (Å²) in [4.78, 5) is 2.74. The first-order valence-electron chi connectivity index (χ1n) is 7.95. The van der Waals surface area contributed by atoms with Crippen LogP contribution in [-0.4, -0.2) is 30.0 Å². The number of nitrogens with zero attached hydrogens (tertiary/aromatic N) is 1. The number of hydrogen-bond acceptors (Lipinski definition) is 4. The lowest BCUT2D eigenvalue weighted by molar-refractivity contribution is -0.137. The standard InChI is InChI=1S/C17H19F3N2O3S/c1-4-11-12-6-10(8-21)13(17(18,19)20)7-14(12)22-15(11)16(3,23)9-26(24,25)5-2/h6-7,22-23H,4-5,9H2,1-3H3/t16-/m0/s1. The van der Waals surface area contributed by atoms with Gasteiger partial charge in [0, 0.05) is 16.7 Å². The Morgan fingerprint density at radius 1 is 1.27 bits per heavy atom. The van der Waals surface area contributed by atoms with E-state index in [0.717, 1.165) is 12.1 Å². The summed E-state index contributed by atoms with van der Waals surface area (Å²) in [6.07, 6.45) is -4.36. The SMILES string of the molecule is CCc1c([C@@](C)(O)CS(=O)(=O)CC)[nH]c2cc(C(F)(F)F)c(C#N)cc12. The molecule has 2 N–H and O–H groups in total. The molecule has 0 bridgehead atoms. The van der Waals surface area contributed by atoms with Gasteiger partial charge in [0.15, 0.2) is 9.84 Å². The molecular formula is C17H19F3N2O3S. The van der Waals surface area contributed by atoms with E-state index < -0.39 is 38.5 Å². The zero-order chi connectivity index (χ0) is 19.9. The zero-order valence-electron chi connectivity index (χ0n) is 14.5. The molecule has 0 aliphatic rings. The summed E-state index contributed by atoms with van der Waals surface area (Å²) < 4.78 is 63.3. The van der Waals surface area contributed by atoms with E-state index in [1.165, 1.54) is 13.8 Å². The molecule has 0 aliphatic heterocycles. The number of fused-ring (bicyclic) bond motifs is 1. The van der Waals surface area contributed by atoms with Crippen LogP contribution in [0, 0.1) is 11.3 Å². The van der Waals surface area contributed by atoms with E-state index in [9.17, 15) is 26.7 Å². The smallest absolute Gasteiger partial charge is 0.383 e. The number of rotatable bonds is 5. The van der Waals surface area contributed by atoms with E-state index in [1.807, 2.05) is 0 Å². The third kappa shape index (κ3) is 3.71. The monoisotopic (exact) mass is 388 g/mol. The maximum atomic E-state index is 13.2. The maximum Gasteiger partial charge on any atom is 0.417 e. The lowest BCUT2D eigenvalue weighted by Crippen LogP contribution is -2.33. The molecule has 0 saturated heterocycles. The van der Waals surface area contributed by atoms with Crippen molar-refractivity contribution in [2.24, 2.45) is 0 Å². The largest absolute Gasteiger partial charge is 0.417 e. The maximum absolute atomic E-state index is 13.2. The molecule has 2 rings (SSSR count). The highest BCUT2D eigenvalue weighted by atomic mass is 32.2. The molecule has 0 fully saturated rings. The third-order valence-corrected chi connectivity index (χ3v) is 6.18. The summed E-state index contributed by atoms with van der Waals surface area (Å²) in [7, 11) is -3.53. The molecule has 0 amide bonds. The van der Waals surface area contributed by atoms with E-state index in [1.54, 1.807) is 13.0 Å². The Hall–Kier alpha value is -2.05. The summed E-state index contributed by atoms with van der Waals surface area (Å²) in [6, 6.07) is 3.50. The second-order valence-corrected chi connectivity index (χ2v) is 8.69. The highest BCUT2D eigenvalue weighted by Crippen LogP contribution is 2.38. The van der Waals surface area contributed by atoms with E-state index in [4.69, 9.17) is 5.26 Å². The molecule has 2 aromatic rings. The van der Waals surface area contributed by atoms with Crippen molar-refractivity contribution in [1.29, 1.82) is 5.26 Å². The van der Waals surface area contributed by atoms with E-state index in [2.05, 4.69) is 4.98 Å². The van der Waals surface area contributed by atoms with Crippen LogP contribution in [-0.2, 0) is 28.0 Å². The van der Waals surface area contributed by atoms with Gasteiger partial charge in [-0.05, 0) is 31.0 Å². The minimum atomic E-state index is -4.70. The van der Waals surface area contributed by atoms with Crippen LogP contribution in [0.2, 0.25) is 0 Å². The predicted molar refractivity (Wildman–Crippen MR) is 91.3 cm³/mol. The Kier molecular flexibility index (Phi) is 5.14. The number of H-pyrrole nitrogens is 1. The van der Waals surface area contributed by atoms with Crippen LogP contribution >= 0.6 is 0 Å². The molecule has 9 heteroatoms. The summed E-state index contributed by atoms with van der Waals surface area (Å²) >= 11 is 0. The van der Waals surface area contributed by atoms with Gasteiger partial charge in [0.25, 0.3) is 0 Å². The van der Waals surface area contributed by atoms with Crippen LogP contribution in [0.3, 0.4) is 0 Å². The fourth-order valence-corrected chi connectivity index (χ4v) is 4.26. The summed E-state index contributed by atoms with van der Waals surface area (Å²) in [5, 5.41) is 20.2. The van der Waals surface area contributed by atoms with Crippen LogP contribution in [0.1, 0.15) is 43.2 Å². The van der Waals surface area contributed by atoms with Gasteiger partial charge < -0.3 is 10.1 Å². The average molecular weight is 388 g/mol. The van der Waals surface area contributed by atoms with Crippen LogP contribution in [0.25, 0.3) is 10.9 Å². The van der Waals surface area contributed by atoms with Crippen molar-refractivity contribution in [3.63, 3.8) is 0 Å². The quantitative estimate of drug-likeness (QED) is 0.822. The Balaban J connectivity index is 2.75. The molecule has 5 nitrogen and oxygen atoms in total. The van der Waals surface area contributed by atoms with Gasteiger partial charge in [-0.25, -0.2) is 8.42 Å². The van der Waals surface area contributed by atoms with Gasteiger partial charge in [0.2, 0.25) is 0 Å². The average Bonchev–Trinajstić information content (AvgIpc) is 2.90. The molecule has 0 unspecified atom stereocenters. The molecule has 0 aliphatic carbocycles. The van der Waals surface area contributed by atoms with Gasteiger partial charge in [-0.3, -0.25) is 0 Å². The molecule has 0 radical (unpaired) electrons. The van der Waals surface area contributed by atoms with Crippen molar-refractivity contribution in [2.45, 2.75) is 39.0 Å². The first-order chi connectivity index (χ1) is 11.9.